The number of nitrogens with one attached hydrogen (secondary N) is 1. The van der Waals surface area contributed by atoms with Crippen LogP contribution in [0.3, 0.4) is 0 Å². The van der Waals surface area contributed by atoms with Crippen LogP contribution in [0.2, 0.25) is 0 Å². The van der Waals surface area contributed by atoms with Crippen molar-refractivity contribution in [2.75, 3.05) is 18.0 Å². The van der Waals surface area contributed by atoms with Crippen LogP contribution in [-0.4, -0.2) is 25.2 Å². The molecular weight excluding hydrogens is 297 g/mol. The monoisotopic (exact) mass is 315 g/mol. The van der Waals surface area contributed by atoms with Gasteiger partial charge >= 0.3 is 5.91 Å². The van der Waals surface area contributed by atoms with Crippen LogP contribution in [0.1, 0.15) is 34.5 Å². The number of hydrazone groups is 1. The first-order chi connectivity index (χ1) is 11.1. The molecule has 2 aromatic rings. The van der Waals surface area contributed by atoms with Gasteiger partial charge < -0.3 is 9.32 Å². The van der Waals surface area contributed by atoms with E-state index in [4.69, 9.17) is 4.42 Å². The van der Waals surface area contributed by atoms with Crippen molar-refractivity contribution < 1.29 is 13.6 Å². The minimum atomic E-state index is -0.446. The van der Waals surface area contributed by atoms with Crippen LogP contribution >= 0.6 is 0 Å². The van der Waals surface area contributed by atoms with Gasteiger partial charge in [0.25, 0.3) is 0 Å². The summed E-state index contributed by atoms with van der Waals surface area (Å²) in [7, 11) is 0. The van der Waals surface area contributed by atoms with E-state index < -0.39 is 5.91 Å². The molecule has 0 bridgehead atoms. The average Bonchev–Trinajstić information content (AvgIpc) is 3.22. The Morgan fingerprint density at radius 3 is 2.87 bits per heavy atom. The van der Waals surface area contributed by atoms with Gasteiger partial charge in [0.15, 0.2) is 5.76 Å². The maximum absolute atomic E-state index is 14.3. The van der Waals surface area contributed by atoms with E-state index in [0.717, 1.165) is 31.5 Å². The van der Waals surface area contributed by atoms with Crippen LogP contribution in [0.25, 0.3) is 0 Å². The fourth-order valence-corrected chi connectivity index (χ4v) is 2.64. The van der Waals surface area contributed by atoms with E-state index in [1.165, 1.54) is 18.5 Å². The summed E-state index contributed by atoms with van der Waals surface area (Å²) in [5.41, 5.74) is 4.53. The van der Waals surface area contributed by atoms with Gasteiger partial charge in [0.2, 0.25) is 0 Å². The molecule has 1 aromatic carbocycles. The molecule has 1 saturated heterocycles. The molecule has 1 aromatic heterocycles. The minimum absolute atomic E-state index is 0.175. The highest BCUT2D eigenvalue weighted by atomic mass is 19.1. The Morgan fingerprint density at radius 1 is 1.39 bits per heavy atom. The molecule has 1 fully saturated rings. The Bertz CT molecular complexity index is 720. The number of rotatable bonds is 4. The lowest BCUT2D eigenvalue weighted by Crippen LogP contribution is -2.19. The molecule has 1 amide bonds. The minimum Gasteiger partial charge on any atom is -0.459 e. The van der Waals surface area contributed by atoms with Gasteiger partial charge in [0.1, 0.15) is 5.82 Å². The number of hydrogen-bond donors (Lipinski definition) is 1. The summed E-state index contributed by atoms with van der Waals surface area (Å²) < 4.78 is 19.2. The van der Waals surface area contributed by atoms with Crippen LogP contribution < -0.4 is 10.3 Å². The van der Waals surface area contributed by atoms with Gasteiger partial charge in [-0.3, -0.25) is 4.79 Å². The van der Waals surface area contributed by atoms with Crippen LogP contribution in [-0.2, 0) is 0 Å². The molecule has 0 saturated carbocycles. The second-order valence-corrected chi connectivity index (χ2v) is 5.53. The number of halogens is 1. The molecule has 1 aliphatic heterocycles. The van der Waals surface area contributed by atoms with Crippen molar-refractivity contribution in [1.29, 1.82) is 0 Å². The lowest BCUT2D eigenvalue weighted by atomic mass is 10.1. The summed E-state index contributed by atoms with van der Waals surface area (Å²) in [5.74, 6) is -0.538. The third-order valence-corrected chi connectivity index (χ3v) is 3.90. The van der Waals surface area contributed by atoms with Crippen LogP contribution in [0, 0.1) is 12.7 Å². The van der Waals surface area contributed by atoms with E-state index in [2.05, 4.69) is 15.4 Å². The quantitative estimate of drug-likeness (QED) is 0.697. The van der Waals surface area contributed by atoms with Crippen molar-refractivity contribution in [2.45, 2.75) is 19.8 Å². The molecule has 0 aliphatic carbocycles. The van der Waals surface area contributed by atoms with E-state index in [1.807, 2.05) is 13.0 Å². The number of amides is 1. The molecule has 0 atom stereocenters. The molecule has 1 N–H and O–H groups in total. The Kier molecular flexibility index (Phi) is 4.41. The zero-order valence-electron chi connectivity index (χ0n) is 12.9. The second kappa shape index (κ2) is 6.64. The first-order valence-corrected chi connectivity index (χ1v) is 7.57. The molecule has 0 spiro atoms. The molecule has 1 aliphatic rings. The van der Waals surface area contributed by atoms with Crippen LogP contribution in [0.4, 0.5) is 10.1 Å². The largest absolute Gasteiger partial charge is 0.459 e. The van der Waals surface area contributed by atoms with E-state index in [0.29, 0.717) is 11.3 Å². The molecule has 3 rings (SSSR count). The maximum Gasteiger partial charge on any atom is 0.307 e. The summed E-state index contributed by atoms with van der Waals surface area (Å²) in [4.78, 5) is 13.7. The van der Waals surface area contributed by atoms with Crippen molar-refractivity contribution in [3.63, 3.8) is 0 Å². The van der Waals surface area contributed by atoms with Gasteiger partial charge in [-0.2, -0.15) is 5.10 Å². The van der Waals surface area contributed by atoms with Gasteiger partial charge in [0, 0.05) is 18.7 Å². The SMILES string of the molecule is Cc1cc(N2CCCC2)c(F)cc1/C=N/NC(=O)c1ccco1. The summed E-state index contributed by atoms with van der Waals surface area (Å²) >= 11 is 0. The van der Waals surface area contributed by atoms with Crippen molar-refractivity contribution in [1.82, 2.24) is 5.43 Å². The lowest BCUT2D eigenvalue weighted by Gasteiger charge is -2.19. The number of hydrogen-bond acceptors (Lipinski definition) is 4. The molecule has 0 radical (unpaired) electrons. The Morgan fingerprint density at radius 2 is 2.17 bits per heavy atom. The molecule has 23 heavy (non-hydrogen) atoms. The molecule has 0 unspecified atom stereocenters. The smallest absolute Gasteiger partial charge is 0.307 e. The normalized spacial score (nSPS) is 14.6. The highest BCUT2D eigenvalue weighted by Gasteiger charge is 2.17. The van der Waals surface area contributed by atoms with E-state index in [-0.39, 0.29) is 11.6 Å². The second-order valence-electron chi connectivity index (χ2n) is 5.53. The molecule has 2 heterocycles. The van der Waals surface area contributed by atoms with Gasteiger partial charge in [-0.1, -0.05) is 0 Å². The predicted octanol–water partition coefficient (Wildman–Crippen LogP) is 3.09. The first-order valence-electron chi connectivity index (χ1n) is 7.57. The van der Waals surface area contributed by atoms with E-state index >= 15 is 0 Å². The number of carbonyl (C=O) groups excluding carboxylic acids is 1. The zero-order chi connectivity index (χ0) is 16.2. The number of furan rings is 1. The first kappa shape index (κ1) is 15.3. The molecular formula is C17H18FN3O2. The molecule has 6 heteroatoms. The third-order valence-electron chi connectivity index (χ3n) is 3.90. The van der Waals surface area contributed by atoms with E-state index in [9.17, 15) is 9.18 Å². The Hall–Kier alpha value is -2.63. The van der Waals surface area contributed by atoms with Crippen LogP contribution in [0.15, 0.2) is 40.0 Å². The van der Waals surface area contributed by atoms with Crippen molar-refractivity contribution in [3.8, 4) is 0 Å². The summed E-state index contributed by atoms with van der Waals surface area (Å²) in [6.45, 7) is 3.68. The highest BCUT2D eigenvalue weighted by Crippen LogP contribution is 2.26. The standard InChI is InChI=1S/C17H18FN3O2/c1-12-9-15(21-6-2-3-7-21)14(18)10-13(12)11-19-20-17(22)16-5-4-8-23-16/h4-5,8-11H,2-3,6-7H2,1H3,(H,20,22)/b19-11+. The third kappa shape index (κ3) is 3.41. The Balaban J connectivity index is 1.71. The fourth-order valence-electron chi connectivity index (χ4n) is 2.64. The number of aryl methyl sites for hydroxylation is 1. The molecule has 5 nitrogen and oxygen atoms in total. The van der Waals surface area contributed by atoms with Crippen LogP contribution in [0.5, 0.6) is 0 Å². The van der Waals surface area contributed by atoms with Gasteiger partial charge in [-0.05, 0) is 49.6 Å². The highest BCUT2D eigenvalue weighted by molar-refractivity contribution is 5.92. The number of benzene rings is 1. The summed E-state index contributed by atoms with van der Waals surface area (Å²) in [6, 6.07) is 6.44. The van der Waals surface area contributed by atoms with Gasteiger partial charge in [0.05, 0.1) is 18.2 Å². The fraction of sp³-hybridized carbons (Fsp3) is 0.294. The number of nitrogens with zero attached hydrogens (tertiary/aromatic N) is 2. The number of carbonyl (C=O) groups is 1. The predicted molar refractivity (Wildman–Crippen MR) is 86.4 cm³/mol. The molecule has 120 valence electrons. The van der Waals surface area contributed by atoms with E-state index in [1.54, 1.807) is 12.1 Å². The van der Waals surface area contributed by atoms with Crippen molar-refractivity contribution >= 4 is 17.8 Å². The average molecular weight is 315 g/mol. The lowest BCUT2D eigenvalue weighted by molar-refractivity contribution is 0.0927. The Labute approximate surface area is 133 Å². The van der Waals surface area contributed by atoms with Crippen molar-refractivity contribution in [3.05, 3.63) is 53.2 Å². The summed E-state index contributed by atoms with van der Waals surface area (Å²) in [6.07, 6.45) is 5.04. The van der Waals surface area contributed by atoms with Gasteiger partial charge in [-0.15, -0.1) is 0 Å². The topological polar surface area (TPSA) is 57.8 Å². The van der Waals surface area contributed by atoms with Crippen molar-refractivity contribution in [2.24, 2.45) is 5.10 Å². The zero-order valence-corrected chi connectivity index (χ0v) is 12.9. The maximum atomic E-state index is 14.3. The number of anilines is 1. The van der Waals surface area contributed by atoms with Gasteiger partial charge in [-0.25, -0.2) is 9.82 Å². The summed E-state index contributed by atoms with van der Waals surface area (Å²) in [5, 5.41) is 3.86.